The zero-order valence-corrected chi connectivity index (χ0v) is 26.3. The fourth-order valence-electron chi connectivity index (χ4n) is 5.39. The molecule has 0 aliphatic carbocycles. The maximum Gasteiger partial charge on any atom is 0.405 e. The smallest absolute Gasteiger partial charge is 0.405 e. The molecule has 0 fully saturated rings. The van der Waals surface area contributed by atoms with Crippen molar-refractivity contribution in [3.63, 3.8) is 0 Å². The summed E-state index contributed by atoms with van der Waals surface area (Å²) in [5.41, 5.74) is 3.02. The van der Waals surface area contributed by atoms with Crippen LogP contribution in [0.15, 0.2) is 89.7 Å². The van der Waals surface area contributed by atoms with Crippen molar-refractivity contribution in [2.24, 2.45) is 7.05 Å². The van der Waals surface area contributed by atoms with Crippen LogP contribution in [0.2, 0.25) is 0 Å². The molecule has 2 amide bonds. The molecule has 2 heterocycles. The average molecular weight is 655 g/mol. The Bertz CT molecular complexity index is 1920. The van der Waals surface area contributed by atoms with Crippen molar-refractivity contribution < 1.29 is 29.6 Å². The van der Waals surface area contributed by atoms with Crippen molar-refractivity contribution >= 4 is 22.9 Å². The van der Waals surface area contributed by atoms with Crippen LogP contribution in [0.5, 0.6) is 11.5 Å². The van der Waals surface area contributed by atoms with Gasteiger partial charge in [0.05, 0.1) is 23.4 Å². The van der Waals surface area contributed by atoms with E-state index in [1.165, 1.54) is 12.1 Å². The topological polar surface area (TPSA) is 191 Å². The van der Waals surface area contributed by atoms with Gasteiger partial charge in [0, 0.05) is 31.6 Å². The third-order valence-corrected chi connectivity index (χ3v) is 7.86. The lowest BCUT2D eigenvalue weighted by molar-refractivity contribution is 0.0947. The first-order chi connectivity index (χ1) is 23.2. The summed E-state index contributed by atoms with van der Waals surface area (Å²) < 4.78 is 7.58. The fourth-order valence-corrected chi connectivity index (χ4v) is 5.39. The summed E-state index contributed by atoms with van der Waals surface area (Å²) in [6.45, 7) is 1.49. The third kappa shape index (κ3) is 8.57. The Morgan fingerprint density at radius 2 is 1.73 bits per heavy atom. The predicted octanol–water partition coefficient (Wildman–Crippen LogP) is 3.74. The molecule has 0 bridgehead atoms. The number of rotatable bonds is 15. The van der Waals surface area contributed by atoms with Gasteiger partial charge in [-0.2, -0.15) is 5.10 Å². The molecule has 2 aromatic heterocycles. The monoisotopic (exact) mass is 654 g/mol. The Morgan fingerprint density at radius 3 is 2.52 bits per heavy atom. The normalized spacial score (nSPS) is 12.4. The number of carbonyl (C=O) groups is 2. The molecule has 3 aromatic carbocycles. The van der Waals surface area contributed by atoms with E-state index >= 15 is 0 Å². The number of hydrogen-bond donors (Lipinski definition) is 7. The highest BCUT2D eigenvalue weighted by Gasteiger charge is 2.18. The second kappa shape index (κ2) is 15.8. The van der Waals surface area contributed by atoms with Crippen molar-refractivity contribution in [2.45, 2.75) is 31.6 Å². The van der Waals surface area contributed by atoms with Gasteiger partial charge in [-0.05, 0) is 66.4 Å². The van der Waals surface area contributed by atoms with E-state index in [9.17, 15) is 29.7 Å². The number of carboxylic acid groups (broad SMARTS) is 1. The molecule has 0 unspecified atom stereocenters. The van der Waals surface area contributed by atoms with Gasteiger partial charge >= 0.3 is 6.09 Å². The van der Waals surface area contributed by atoms with Crippen molar-refractivity contribution in [2.75, 3.05) is 19.6 Å². The highest BCUT2D eigenvalue weighted by atomic mass is 16.5. The number of aromatic amines is 1. The summed E-state index contributed by atoms with van der Waals surface area (Å²) in [5, 5.41) is 43.7. The van der Waals surface area contributed by atoms with Crippen LogP contribution < -0.4 is 26.2 Å². The summed E-state index contributed by atoms with van der Waals surface area (Å²) in [6, 6.07) is 23.6. The van der Waals surface area contributed by atoms with Crippen LogP contribution in [-0.4, -0.2) is 61.7 Å². The van der Waals surface area contributed by atoms with E-state index in [1.54, 1.807) is 48.1 Å². The zero-order chi connectivity index (χ0) is 34.0. The molecule has 5 rings (SSSR count). The number of aromatic hydroxyl groups is 1. The number of amides is 2. The molecule has 13 heteroatoms. The second-order valence-corrected chi connectivity index (χ2v) is 11.3. The molecule has 0 saturated carbocycles. The van der Waals surface area contributed by atoms with Crippen LogP contribution in [0, 0.1) is 0 Å². The van der Waals surface area contributed by atoms with Crippen LogP contribution in [-0.2, 0) is 13.7 Å². The lowest BCUT2D eigenvalue weighted by Crippen LogP contribution is -2.27. The van der Waals surface area contributed by atoms with E-state index in [4.69, 9.17) is 4.74 Å². The third-order valence-electron chi connectivity index (χ3n) is 7.86. The number of aliphatic hydroxyl groups is 1. The Morgan fingerprint density at radius 1 is 0.958 bits per heavy atom. The summed E-state index contributed by atoms with van der Waals surface area (Å²) >= 11 is 0. The van der Waals surface area contributed by atoms with Crippen molar-refractivity contribution in [1.29, 1.82) is 0 Å². The highest BCUT2D eigenvalue weighted by Crippen LogP contribution is 2.29. The van der Waals surface area contributed by atoms with Crippen molar-refractivity contribution in [1.82, 2.24) is 30.7 Å². The summed E-state index contributed by atoms with van der Waals surface area (Å²) in [4.78, 5) is 38.4. The van der Waals surface area contributed by atoms with Gasteiger partial charge in [0.15, 0.2) is 5.69 Å². The number of carbonyl (C=O) groups excluding carboxylic acids is 1. The predicted molar refractivity (Wildman–Crippen MR) is 179 cm³/mol. The molecule has 5 aromatic rings. The number of unbranched alkanes of at least 4 members (excludes halogenated alkanes) is 1. The number of ether oxygens (including phenoxy) is 1. The number of benzene rings is 3. The summed E-state index contributed by atoms with van der Waals surface area (Å²) in [6.07, 6.45) is -0.517. The molecule has 0 radical (unpaired) electrons. The minimum absolute atomic E-state index is 0.0590. The van der Waals surface area contributed by atoms with E-state index < -0.39 is 18.2 Å². The van der Waals surface area contributed by atoms with Gasteiger partial charge in [0.25, 0.3) is 5.91 Å². The van der Waals surface area contributed by atoms with Crippen LogP contribution in [0.4, 0.5) is 4.79 Å². The summed E-state index contributed by atoms with van der Waals surface area (Å²) in [7, 11) is 1.73. The first-order valence-electron chi connectivity index (χ1n) is 15.5. The molecule has 250 valence electrons. The van der Waals surface area contributed by atoms with Crippen LogP contribution in [0.25, 0.3) is 10.9 Å². The molecule has 13 nitrogen and oxygen atoms in total. The second-order valence-electron chi connectivity index (χ2n) is 11.3. The van der Waals surface area contributed by atoms with E-state index in [2.05, 4.69) is 26.0 Å². The molecule has 0 aliphatic heterocycles. The van der Waals surface area contributed by atoms with Crippen molar-refractivity contribution in [3.8, 4) is 11.5 Å². The van der Waals surface area contributed by atoms with Crippen molar-refractivity contribution in [3.05, 3.63) is 123 Å². The first-order valence-corrected chi connectivity index (χ1v) is 15.5. The lowest BCUT2D eigenvalue weighted by atomic mass is 9.99. The highest BCUT2D eigenvalue weighted by molar-refractivity contribution is 5.92. The van der Waals surface area contributed by atoms with E-state index in [0.717, 1.165) is 17.5 Å². The molecule has 0 saturated heterocycles. The molecule has 7 N–H and O–H groups in total. The van der Waals surface area contributed by atoms with Gasteiger partial charge < -0.3 is 41.0 Å². The number of fused-ring (bicyclic) bond motifs is 1. The molecule has 2 atom stereocenters. The maximum absolute atomic E-state index is 12.7. The number of nitrogens with zero attached hydrogens (tertiary/aromatic N) is 2. The van der Waals surface area contributed by atoms with Gasteiger partial charge in [-0.1, -0.05) is 48.5 Å². The van der Waals surface area contributed by atoms with Gasteiger partial charge in [0.1, 0.15) is 18.1 Å². The number of aliphatic hydroxyl groups excluding tert-OH is 1. The number of pyridine rings is 1. The zero-order valence-electron chi connectivity index (χ0n) is 26.3. The van der Waals surface area contributed by atoms with E-state index in [-0.39, 0.29) is 41.6 Å². The molecule has 0 spiro atoms. The number of H-pyrrole nitrogens is 1. The van der Waals surface area contributed by atoms with Gasteiger partial charge in [-0.15, -0.1) is 0 Å². The molecular formula is C35H38N6O7. The Kier molecular flexibility index (Phi) is 11.1. The minimum atomic E-state index is -1.13. The fraction of sp³-hybridized carbons (Fsp3) is 0.257. The quantitative estimate of drug-likeness (QED) is 0.0825. The number of nitrogens with one attached hydrogen (secondary N) is 4. The number of phenolic OH excluding ortho intramolecular Hbond substituents is 1. The molecule has 0 aliphatic rings. The summed E-state index contributed by atoms with van der Waals surface area (Å²) in [5.74, 6) is 0.183. The number of phenols is 1. The van der Waals surface area contributed by atoms with Crippen LogP contribution >= 0.6 is 0 Å². The standard InChI is InChI=1S/C35H38N6O7/c1-41-24(21-48-25-11-7-10-23(18-25)32(39-35(46)47)22-8-3-2-4-9-22)19-28(40-41)34(45)37-17-6-5-16-36-20-30(43)26-12-14-29(42)33-27(26)13-15-31(44)38-33/h2-4,7-15,18-19,30,32,36,39,42-43H,5-6,16-17,20-21H2,1H3,(H,37,45)(H,38,44)(H,46,47)/t30-,32-/m0/s1. The van der Waals surface area contributed by atoms with Crippen LogP contribution in [0.1, 0.15) is 57.9 Å². The Labute approximate surface area is 276 Å². The largest absolute Gasteiger partial charge is 0.506 e. The Balaban J connectivity index is 1.06. The minimum Gasteiger partial charge on any atom is -0.506 e. The van der Waals surface area contributed by atoms with E-state index in [0.29, 0.717) is 41.9 Å². The van der Waals surface area contributed by atoms with E-state index in [1.807, 2.05) is 36.4 Å². The maximum atomic E-state index is 12.7. The SMILES string of the molecule is Cn1nc(C(=O)NCCCCNC[C@H](O)c2ccc(O)c3[nH]c(=O)ccc23)cc1COc1cccc([C@@H](NC(=O)O)c2ccccc2)c1. The first kappa shape index (κ1) is 33.7. The number of aryl methyl sites for hydroxylation is 1. The van der Waals surface area contributed by atoms with Gasteiger partial charge in [-0.25, -0.2) is 4.79 Å². The Hall–Kier alpha value is -5.66. The number of aromatic nitrogens is 3. The van der Waals surface area contributed by atoms with Crippen LogP contribution in [0.3, 0.4) is 0 Å². The molecule has 48 heavy (non-hydrogen) atoms. The van der Waals surface area contributed by atoms with Gasteiger partial charge in [-0.3, -0.25) is 14.3 Å². The van der Waals surface area contributed by atoms with Gasteiger partial charge in [0.2, 0.25) is 5.56 Å². The molecular weight excluding hydrogens is 616 g/mol. The number of hydrogen-bond acceptors (Lipinski definition) is 8. The average Bonchev–Trinajstić information content (AvgIpc) is 3.46. The lowest BCUT2D eigenvalue weighted by Gasteiger charge is -2.19.